The number of aromatic nitrogens is 2. The highest BCUT2D eigenvalue weighted by molar-refractivity contribution is 8.04. The fraction of sp³-hybridized carbons (Fsp3) is 0.333. The number of para-hydroxylation sites is 4. The Morgan fingerprint density at radius 1 is 0.484 bits per heavy atom. The predicted octanol–water partition coefficient (Wildman–Crippen LogP) is 11.7. The second-order valence-electron chi connectivity index (χ2n) is 17.2. The summed E-state index contributed by atoms with van der Waals surface area (Å²) in [5.74, 6) is 0. The Morgan fingerprint density at radius 3 is 1.29 bits per heavy atom. The van der Waals surface area contributed by atoms with Crippen molar-refractivity contribution in [1.82, 2.24) is 0 Å². The SMILES string of the molecule is CN1C(=Cc2cc[n+](CCCC(CCCCCCC(CCC[n+]3ccc(C=C4Sc5ccccc5N4C)c4ccccc43)=[N+](C)C)=[N+](C)C)c3ccccc23)Sc2ccccc21. The van der Waals surface area contributed by atoms with Gasteiger partial charge in [-0.15, -0.1) is 0 Å². The maximum Gasteiger partial charge on any atom is 0.213 e. The van der Waals surface area contributed by atoms with Crippen molar-refractivity contribution < 1.29 is 18.3 Å². The van der Waals surface area contributed by atoms with Crippen molar-refractivity contribution in [3.8, 4) is 0 Å². The Labute approximate surface area is 378 Å². The molecule has 4 heterocycles. The summed E-state index contributed by atoms with van der Waals surface area (Å²) in [6, 6.07) is 39.7. The summed E-state index contributed by atoms with van der Waals surface area (Å²) < 4.78 is 9.66. The smallest absolute Gasteiger partial charge is 0.213 e. The number of aryl methyl sites for hydroxylation is 2. The highest BCUT2D eigenvalue weighted by Crippen LogP contribution is 2.46. The molecule has 2 aliphatic rings. The van der Waals surface area contributed by atoms with Crippen LogP contribution in [0.2, 0.25) is 0 Å². The molecule has 0 N–H and O–H groups in total. The van der Waals surface area contributed by atoms with E-state index >= 15 is 0 Å². The maximum atomic E-state index is 2.45. The second-order valence-corrected chi connectivity index (χ2v) is 19.4. The molecule has 2 aromatic heterocycles. The van der Waals surface area contributed by atoms with Crippen LogP contribution in [0.1, 0.15) is 75.3 Å². The molecule has 0 fully saturated rings. The van der Waals surface area contributed by atoms with Gasteiger partial charge in [0.15, 0.2) is 23.8 Å². The first-order valence-corrected chi connectivity index (χ1v) is 24.2. The van der Waals surface area contributed by atoms with Gasteiger partial charge in [-0.25, -0.2) is 9.15 Å². The van der Waals surface area contributed by atoms with Crippen LogP contribution >= 0.6 is 23.5 Å². The number of benzene rings is 4. The number of fused-ring (bicyclic) bond motifs is 4. The molecule has 0 spiro atoms. The van der Waals surface area contributed by atoms with Crippen molar-refractivity contribution in [1.29, 1.82) is 0 Å². The molecule has 0 radical (unpaired) electrons. The van der Waals surface area contributed by atoms with Crippen LogP contribution in [0.25, 0.3) is 34.0 Å². The quantitative estimate of drug-likeness (QED) is 0.0517. The molecule has 2 aliphatic heterocycles. The standard InChI is InChI=1S/C54H64N6S2/c1-55(2)43(23-19-35-59-37-33-41(45-25-11-13-27-47(45)59)39-53-57(5)49-29-15-17-31-51(49)61-53)21-9-7-8-10-22-44(56(3)4)24-20-36-60-38-34-42(46-26-12-14-28-48(46)60)40-54-58(6)50-30-16-18-32-52(50)62-54/h11-18,25-34,37-40H,7-10,19-24,35-36H2,1-6H3/q+4. The molecule has 0 amide bonds. The van der Waals surface area contributed by atoms with Gasteiger partial charge in [-0.3, -0.25) is 0 Å². The van der Waals surface area contributed by atoms with Gasteiger partial charge < -0.3 is 9.80 Å². The average Bonchev–Trinajstić information content (AvgIpc) is 3.78. The maximum absolute atomic E-state index is 2.45. The van der Waals surface area contributed by atoms with E-state index < -0.39 is 0 Å². The number of unbranched alkanes of at least 4 members (excludes halogenated alkanes) is 3. The van der Waals surface area contributed by atoms with Gasteiger partial charge in [-0.05, 0) is 72.5 Å². The first-order valence-electron chi connectivity index (χ1n) is 22.6. The molecule has 0 aliphatic carbocycles. The Morgan fingerprint density at radius 2 is 0.871 bits per heavy atom. The van der Waals surface area contributed by atoms with Crippen molar-refractivity contribution in [3.05, 3.63) is 143 Å². The van der Waals surface area contributed by atoms with Gasteiger partial charge in [0.2, 0.25) is 11.0 Å². The molecule has 6 aromatic rings. The summed E-state index contributed by atoms with van der Waals surface area (Å²) >= 11 is 3.71. The minimum absolute atomic E-state index is 1.02. The van der Waals surface area contributed by atoms with Crippen molar-refractivity contribution in [2.24, 2.45) is 0 Å². The molecule has 318 valence electrons. The fourth-order valence-corrected chi connectivity index (χ4v) is 11.3. The lowest BCUT2D eigenvalue weighted by molar-refractivity contribution is -0.671. The minimum Gasteiger partial charge on any atom is -0.338 e. The summed E-state index contributed by atoms with van der Waals surface area (Å²) in [6.07, 6.45) is 21.3. The highest BCUT2D eigenvalue weighted by Gasteiger charge is 2.24. The molecule has 0 saturated carbocycles. The van der Waals surface area contributed by atoms with E-state index in [0.717, 1.165) is 38.8 Å². The van der Waals surface area contributed by atoms with Crippen molar-refractivity contribution in [2.45, 2.75) is 87.1 Å². The van der Waals surface area contributed by atoms with Crippen molar-refractivity contribution >= 4 is 80.3 Å². The summed E-state index contributed by atoms with van der Waals surface area (Å²) in [5, 5.41) is 5.16. The number of anilines is 2. The van der Waals surface area contributed by atoms with Crippen LogP contribution in [0.15, 0.2) is 141 Å². The predicted molar refractivity (Wildman–Crippen MR) is 266 cm³/mol. The average molecular weight is 861 g/mol. The molecule has 0 unspecified atom stereocenters. The third-order valence-electron chi connectivity index (χ3n) is 12.7. The van der Waals surface area contributed by atoms with E-state index in [-0.39, 0.29) is 0 Å². The third-order valence-corrected chi connectivity index (χ3v) is 15.0. The van der Waals surface area contributed by atoms with Crippen molar-refractivity contribution in [2.75, 3.05) is 52.1 Å². The zero-order valence-electron chi connectivity index (χ0n) is 37.7. The first kappa shape index (κ1) is 43.5. The number of hydrogen-bond donors (Lipinski definition) is 0. The zero-order chi connectivity index (χ0) is 43.0. The van der Waals surface area contributed by atoms with E-state index in [4.69, 9.17) is 0 Å². The largest absolute Gasteiger partial charge is 0.338 e. The van der Waals surface area contributed by atoms with Crippen LogP contribution < -0.4 is 18.9 Å². The molecule has 4 aromatic carbocycles. The number of pyridine rings is 2. The summed E-state index contributed by atoms with van der Waals surface area (Å²) in [6.45, 7) is 2.03. The number of thioether (sulfide) groups is 2. The Hall–Kier alpha value is -5.18. The summed E-state index contributed by atoms with van der Waals surface area (Å²) in [7, 11) is 13.3. The van der Waals surface area contributed by atoms with Crippen molar-refractivity contribution in [3.63, 3.8) is 0 Å². The number of hydrogen-bond acceptors (Lipinski definition) is 4. The van der Waals surface area contributed by atoms with Crippen LogP contribution in [-0.2, 0) is 13.1 Å². The van der Waals surface area contributed by atoms with Gasteiger partial charge >= 0.3 is 0 Å². The zero-order valence-corrected chi connectivity index (χ0v) is 39.3. The Bertz CT molecular complexity index is 2500. The first-order chi connectivity index (χ1) is 30.2. The van der Waals surface area contributed by atoms with E-state index in [9.17, 15) is 0 Å². The van der Waals surface area contributed by atoms with E-state index in [1.54, 1.807) is 11.4 Å². The lowest BCUT2D eigenvalue weighted by atomic mass is 10.0. The van der Waals surface area contributed by atoms with E-state index in [1.807, 2.05) is 23.5 Å². The topological polar surface area (TPSA) is 20.3 Å². The molecule has 62 heavy (non-hydrogen) atoms. The van der Waals surface area contributed by atoms with Crippen LogP contribution in [0.4, 0.5) is 11.4 Å². The van der Waals surface area contributed by atoms with Crippen LogP contribution in [-0.4, -0.2) is 62.9 Å². The molecular formula is C54H64N6S2+4. The molecule has 0 saturated heterocycles. The van der Waals surface area contributed by atoms with Gasteiger partial charge in [-0.2, -0.15) is 9.13 Å². The fourth-order valence-electron chi connectivity index (χ4n) is 9.08. The van der Waals surface area contributed by atoms with E-state index in [1.165, 1.54) is 103 Å². The van der Waals surface area contributed by atoms with E-state index in [0.29, 0.717) is 0 Å². The number of nitrogens with zero attached hydrogens (tertiary/aromatic N) is 6. The van der Waals surface area contributed by atoms with E-state index in [2.05, 4.69) is 204 Å². The van der Waals surface area contributed by atoms with Gasteiger partial charge in [0.1, 0.15) is 41.3 Å². The molecule has 8 heteroatoms. The van der Waals surface area contributed by atoms with Gasteiger partial charge in [0.05, 0.1) is 32.2 Å². The van der Waals surface area contributed by atoms with Gasteiger partial charge in [-0.1, -0.05) is 84.9 Å². The van der Waals surface area contributed by atoms with Gasteiger partial charge in [0, 0.05) is 86.7 Å². The van der Waals surface area contributed by atoms with Crippen LogP contribution in [0.3, 0.4) is 0 Å². The lowest BCUT2D eigenvalue weighted by Gasteiger charge is -2.13. The second kappa shape index (κ2) is 20.3. The molecule has 6 nitrogen and oxygen atoms in total. The lowest BCUT2D eigenvalue weighted by Crippen LogP contribution is -2.34. The summed E-state index contributed by atoms with van der Waals surface area (Å²) in [4.78, 5) is 7.26. The molecule has 8 rings (SSSR count). The minimum atomic E-state index is 1.02. The molecule has 0 atom stereocenters. The number of rotatable bonds is 17. The monoisotopic (exact) mass is 860 g/mol. The van der Waals surface area contributed by atoms with Gasteiger partial charge in [0.25, 0.3) is 0 Å². The highest BCUT2D eigenvalue weighted by atomic mass is 32.2. The Kier molecular flexibility index (Phi) is 14.3. The van der Waals surface area contributed by atoms with Crippen LogP contribution in [0, 0.1) is 0 Å². The van der Waals surface area contributed by atoms with Crippen LogP contribution in [0.5, 0.6) is 0 Å². The summed E-state index contributed by atoms with van der Waals surface area (Å²) in [5.41, 5.74) is 10.9. The molecule has 0 bridgehead atoms. The third kappa shape index (κ3) is 10.0. The normalized spacial score (nSPS) is 14.6. The Balaban J connectivity index is 0.783. The molecular weight excluding hydrogens is 797 g/mol.